The molecule has 0 aliphatic rings. The number of halogens is 3. The van der Waals surface area contributed by atoms with E-state index in [-0.39, 0.29) is 5.78 Å². The van der Waals surface area contributed by atoms with Crippen molar-refractivity contribution in [3.8, 4) is 0 Å². The van der Waals surface area contributed by atoms with E-state index < -0.39 is 0 Å². The first-order chi connectivity index (χ1) is 8.97. The molecule has 0 fully saturated rings. The van der Waals surface area contributed by atoms with Crippen LogP contribution in [0.4, 0.5) is 0 Å². The molecule has 2 heterocycles. The van der Waals surface area contributed by atoms with Gasteiger partial charge in [-0.2, -0.15) is 0 Å². The number of rotatable bonds is 2. The molecule has 6 heteroatoms. The Labute approximate surface area is 137 Å². The van der Waals surface area contributed by atoms with Gasteiger partial charge in [0.05, 0.1) is 0 Å². The molecule has 0 radical (unpaired) electrons. The van der Waals surface area contributed by atoms with Crippen molar-refractivity contribution in [2.75, 3.05) is 0 Å². The summed E-state index contributed by atoms with van der Waals surface area (Å²) in [5.41, 5.74) is 0.951. The maximum absolute atomic E-state index is 10.7. The lowest BCUT2D eigenvalue weighted by Crippen LogP contribution is -1.96. The Morgan fingerprint density at radius 2 is 1.42 bits per heavy atom. The molecule has 0 unspecified atom stereocenters. The number of aromatic nitrogens is 2. The summed E-state index contributed by atoms with van der Waals surface area (Å²) in [6.07, 6.45) is 7.34. The van der Waals surface area contributed by atoms with E-state index in [0.717, 1.165) is 19.0 Å². The molecule has 2 rings (SSSR count). The molecular weight excluding hydrogens is 440 g/mol. The number of carbonyl (C=O) groups excluding carboxylic acids is 1. The fourth-order valence-electron chi connectivity index (χ4n) is 1.23. The van der Waals surface area contributed by atoms with Crippen LogP contribution in [-0.2, 0) is 11.2 Å². The number of hydrogen-bond acceptors (Lipinski definition) is 3. The highest BCUT2D eigenvalue weighted by Crippen LogP contribution is 2.13. The minimum Gasteiger partial charge on any atom is -0.300 e. The van der Waals surface area contributed by atoms with Crippen LogP contribution in [0.2, 0.25) is 0 Å². The van der Waals surface area contributed by atoms with Gasteiger partial charge in [0.25, 0.3) is 0 Å². The second-order valence-electron chi connectivity index (χ2n) is 3.71. The molecule has 100 valence electrons. The number of ketones is 1. The molecule has 0 atom stereocenters. The monoisotopic (exact) mass is 448 g/mol. The summed E-state index contributed by atoms with van der Waals surface area (Å²) in [6.45, 7) is 1.57. The lowest BCUT2D eigenvalue weighted by molar-refractivity contribution is -0.116. The van der Waals surface area contributed by atoms with Crippen LogP contribution in [0, 0.1) is 0 Å². The molecule has 0 saturated carbocycles. The van der Waals surface area contributed by atoms with Crippen molar-refractivity contribution in [3.63, 3.8) is 0 Å². The summed E-state index contributed by atoms with van der Waals surface area (Å²) in [5, 5.41) is 0. The lowest BCUT2D eigenvalue weighted by Gasteiger charge is -1.95. The van der Waals surface area contributed by atoms with E-state index in [0.29, 0.717) is 6.42 Å². The van der Waals surface area contributed by atoms with Crippen LogP contribution in [0.3, 0.4) is 0 Å². The van der Waals surface area contributed by atoms with Crippen molar-refractivity contribution in [1.29, 1.82) is 0 Å². The molecule has 0 bridgehead atoms. The van der Waals surface area contributed by atoms with Crippen LogP contribution in [-0.4, -0.2) is 15.8 Å². The first-order valence-electron chi connectivity index (χ1n) is 5.32. The highest BCUT2D eigenvalue weighted by Gasteiger charge is 1.97. The molecule has 0 aliphatic carbocycles. The van der Waals surface area contributed by atoms with Crippen LogP contribution in [0.25, 0.3) is 0 Å². The first-order valence-corrected chi connectivity index (χ1v) is 7.70. The van der Waals surface area contributed by atoms with Gasteiger partial charge in [-0.1, -0.05) is 0 Å². The smallest absolute Gasteiger partial charge is 0.134 e. The molecule has 2 aromatic rings. The molecule has 3 nitrogen and oxygen atoms in total. The predicted molar refractivity (Wildman–Crippen MR) is 86.0 cm³/mol. The predicted octanol–water partition coefficient (Wildman–Crippen LogP) is 4.58. The average Bonchev–Trinajstić information content (AvgIpc) is 2.28. The van der Waals surface area contributed by atoms with E-state index in [1.807, 2.05) is 12.1 Å². The fraction of sp³-hybridized carbons (Fsp3) is 0.154. The molecule has 0 N–H and O–H groups in total. The summed E-state index contributed by atoms with van der Waals surface area (Å²) >= 11 is 9.82. The molecule has 0 amide bonds. The van der Waals surface area contributed by atoms with E-state index >= 15 is 0 Å². The zero-order valence-electron chi connectivity index (χ0n) is 10.1. The maximum atomic E-state index is 10.7. The number of pyridine rings is 2. The minimum atomic E-state index is 0.157. The normalized spacial score (nSPS) is 9.47. The van der Waals surface area contributed by atoms with Gasteiger partial charge in [0.15, 0.2) is 0 Å². The standard InChI is InChI=1S/C8H8BrNO.C5H3Br2N/c1-6(11)2-7-3-8(9)5-10-4-7;6-4-1-5(7)3-8-2-4/h3-5H,2H2,1H3;1-3H. The van der Waals surface area contributed by atoms with E-state index in [9.17, 15) is 4.79 Å². The summed E-state index contributed by atoms with van der Waals surface area (Å²) < 4.78 is 2.90. The third-order valence-corrected chi connectivity index (χ3v) is 3.19. The van der Waals surface area contributed by atoms with Crippen LogP contribution < -0.4 is 0 Å². The Morgan fingerprint density at radius 1 is 0.947 bits per heavy atom. The Kier molecular flexibility index (Phi) is 7.41. The van der Waals surface area contributed by atoms with Crippen molar-refractivity contribution in [1.82, 2.24) is 9.97 Å². The molecule has 0 spiro atoms. The Balaban J connectivity index is 0.000000200. The number of nitrogens with zero attached hydrogens (tertiary/aromatic N) is 2. The van der Waals surface area contributed by atoms with Crippen LogP contribution in [0.5, 0.6) is 0 Å². The highest BCUT2D eigenvalue weighted by atomic mass is 79.9. The second kappa shape index (κ2) is 8.55. The molecule has 2 aromatic heterocycles. The topological polar surface area (TPSA) is 42.9 Å². The van der Waals surface area contributed by atoms with E-state index in [4.69, 9.17) is 0 Å². The van der Waals surface area contributed by atoms with Gasteiger partial charge in [-0.05, 0) is 72.4 Å². The lowest BCUT2D eigenvalue weighted by atomic mass is 10.2. The first kappa shape index (κ1) is 16.5. The fourth-order valence-corrected chi connectivity index (χ4v) is 2.68. The van der Waals surface area contributed by atoms with Gasteiger partial charge >= 0.3 is 0 Å². The van der Waals surface area contributed by atoms with Gasteiger partial charge in [0.2, 0.25) is 0 Å². The van der Waals surface area contributed by atoms with E-state index in [2.05, 4.69) is 57.8 Å². The number of carbonyl (C=O) groups is 1. The summed E-state index contributed by atoms with van der Waals surface area (Å²) in [4.78, 5) is 18.5. The quantitative estimate of drug-likeness (QED) is 0.672. The SMILES string of the molecule is Brc1cncc(Br)c1.CC(=O)Cc1cncc(Br)c1. The zero-order chi connectivity index (χ0) is 14.3. The Bertz CT molecular complexity index is 544. The third-order valence-electron chi connectivity index (χ3n) is 1.89. The minimum absolute atomic E-state index is 0.157. The van der Waals surface area contributed by atoms with Crippen molar-refractivity contribution in [2.45, 2.75) is 13.3 Å². The van der Waals surface area contributed by atoms with Gasteiger partial charge in [-0.25, -0.2) is 0 Å². The van der Waals surface area contributed by atoms with Crippen LogP contribution in [0.1, 0.15) is 12.5 Å². The van der Waals surface area contributed by atoms with Crippen molar-refractivity contribution >= 4 is 53.6 Å². The highest BCUT2D eigenvalue weighted by molar-refractivity contribution is 9.11. The largest absolute Gasteiger partial charge is 0.300 e. The Morgan fingerprint density at radius 3 is 1.79 bits per heavy atom. The molecular formula is C13H11Br3N2O. The zero-order valence-corrected chi connectivity index (χ0v) is 14.9. The Hall–Kier alpha value is -0.590. The van der Waals surface area contributed by atoms with Crippen molar-refractivity contribution < 1.29 is 4.79 Å². The molecule has 0 saturated heterocycles. The average molecular weight is 451 g/mol. The molecule has 19 heavy (non-hydrogen) atoms. The van der Waals surface area contributed by atoms with Gasteiger partial charge in [-0.15, -0.1) is 0 Å². The van der Waals surface area contributed by atoms with Crippen LogP contribution in [0.15, 0.2) is 50.3 Å². The maximum Gasteiger partial charge on any atom is 0.134 e. The van der Waals surface area contributed by atoms with Gasteiger partial charge in [0, 0.05) is 44.6 Å². The van der Waals surface area contributed by atoms with Gasteiger partial charge in [0.1, 0.15) is 5.78 Å². The van der Waals surface area contributed by atoms with E-state index in [1.54, 1.807) is 31.7 Å². The van der Waals surface area contributed by atoms with Crippen molar-refractivity contribution in [3.05, 3.63) is 55.9 Å². The van der Waals surface area contributed by atoms with Crippen molar-refractivity contribution in [2.24, 2.45) is 0 Å². The van der Waals surface area contributed by atoms with Gasteiger partial charge < -0.3 is 0 Å². The third kappa shape index (κ3) is 7.54. The summed E-state index contributed by atoms with van der Waals surface area (Å²) in [6, 6.07) is 3.83. The summed E-state index contributed by atoms with van der Waals surface area (Å²) in [5.74, 6) is 0.157. The molecule has 0 aliphatic heterocycles. The number of Topliss-reactive ketones (excluding diaryl/α,β-unsaturated/α-hetero) is 1. The van der Waals surface area contributed by atoms with Gasteiger partial charge in [-0.3, -0.25) is 14.8 Å². The second-order valence-corrected chi connectivity index (χ2v) is 6.46. The number of hydrogen-bond donors (Lipinski definition) is 0. The van der Waals surface area contributed by atoms with E-state index in [1.165, 1.54) is 0 Å². The molecule has 0 aromatic carbocycles. The van der Waals surface area contributed by atoms with Crippen LogP contribution >= 0.6 is 47.8 Å². The summed E-state index contributed by atoms with van der Waals surface area (Å²) in [7, 11) is 0.